The van der Waals surface area contributed by atoms with Gasteiger partial charge in [0.25, 0.3) is 0 Å². The van der Waals surface area contributed by atoms with Gasteiger partial charge in [0.2, 0.25) is 12.5 Å². The Hall–Kier alpha value is -2.21. The second kappa shape index (κ2) is 7.70. The van der Waals surface area contributed by atoms with Gasteiger partial charge >= 0.3 is 0 Å². The normalized spacial score (nSPS) is 17.5. The molecule has 1 amide bonds. The number of amides is 1. The van der Waals surface area contributed by atoms with E-state index in [0.29, 0.717) is 26.3 Å². The molecule has 1 saturated heterocycles. The van der Waals surface area contributed by atoms with E-state index in [1.807, 2.05) is 30.3 Å². The lowest BCUT2D eigenvalue weighted by Gasteiger charge is -2.31. The zero-order valence-electron chi connectivity index (χ0n) is 12.4. The molecule has 22 heavy (non-hydrogen) atoms. The summed E-state index contributed by atoms with van der Waals surface area (Å²) >= 11 is 0. The third kappa shape index (κ3) is 3.92. The molecule has 1 fully saturated rings. The van der Waals surface area contributed by atoms with Crippen molar-refractivity contribution in [3.63, 3.8) is 0 Å². The van der Waals surface area contributed by atoms with Gasteiger partial charge in [-0.2, -0.15) is 0 Å². The molecule has 0 aromatic heterocycles. The van der Waals surface area contributed by atoms with Crippen LogP contribution in [0.3, 0.4) is 0 Å². The second-order valence-corrected chi connectivity index (χ2v) is 5.23. The first-order chi connectivity index (χ1) is 10.6. The molecule has 2 unspecified atom stereocenters. The van der Waals surface area contributed by atoms with E-state index in [2.05, 4.69) is 6.58 Å². The van der Waals surface area contributed by atoms with Gasteiger partial charge in [-0.05, 0) is 5.56 Å². The van der Waals surface area contributed by atoms with Gasteiger partial charge in [-0.25, -0.2) is 0 Å². The maximum Gasteiger partial charge on any atom is 0.230 e. The first-order valence-corrected chi connectivity index (χ1v) is 7.29. The number of hydrogen-bond acceptors (Lipinski definition) is 4. The molecule has 118 valence electrons. The molecule has 6 nitrogen and oxygen atoms in total. The van der Waals surface area contributed by atoms with Gasteiger partial charge in [-0.15, -0.1) is 6.58 Å². The van der Waals surface area contributed by atoms with Crippen molar-refractivity contribution < 1.29 is 14.5 Å². The van der Waals surface area contributed by atoms with Crippen molar-refractivity contribution in [2.75, 3.05) is 32.8 Å². The molecule has 0 radical (unpaired) electrons. The molecule has 0 spiro atoms. The molecule has 0 N–H and O–H groups in total. The molecule has 0 aliphatic carbocycles. The van der Waals surface area contributed by atoms with E-state index in [-0.39, 0.29) is 17.4 Å². The summed E-state index contributed by atoms with van der Waals surface area (Å²) in [5.41, 5.74) is 0.783. The molecule has 1 heterocycles. The van der Waals surface area contributed by atoms with Gasteiger partial charge in [0, 0.05) is 18.0 Å². The fraction of sp³-hybridized carbons (Fsp3) is 0.438. The zero-order valence-corrected chi connectivity index (χ0v) is 12.4. The van der Waals surface area contributed by atoms with E-state index in [9.17, 15) is 14.9 Å². The minimum absolute atomic E-state index is 0.117. The summed E-state index contributed by atoms with van der Waals surface area (Å²) in [6, 6.07) is 9.12. The highest BCUT2D eigenvalue weighted by Crippen LogP contribution is 2.28. The van der Waals surface area contributed by atoms with Crippen LogP contribution in [0.4, 0.5) is 0 Å². The molecule has 6 heteroatoms. The van der Waals surface area contributed by atoms with Crippen LogP contribution in [-0.4, -0.2) is 48.6 Å². The van der Waals surface area contributed by atoms with Gasteiger partial charge in [0.05, 0.1) is 25.0 Å². The van der Waals surface area contributed by atoms with Crippen LogP contribution in [0.15, 0.2) is 43.0 Å². The summed E-state index contributed by atoms with van der Waals surface area (Å²) in [5.74, 6) is -1.23. The number of rotatable bonds is 6. The van der Waals surface area contributed by atoms with Crippen LogP contribution in [0, 0.1) is 16.0 Å². The van der Waals surface area contributed by atoms with Crippen LogP contribution in [0.1, 0.15) is 11.5 Å². The number of nitro groups is 1. The highest BCUT2D eigenvalue weighted by atomic mass is 16.6. The SMILES string of the molecule is C=CC(C(=O)N1CCOCC1)C(C[N+](=O)[O-])c1ccccc1. The Balaban J connectivity index is 2.24. The summed E-state index contributed by atoms with van der Waals surface area (Å²) in [5, 5.41) is 11.0. The van der Waals surface area contributed by atoms with Gasteiger partial charge in [0.1, 0.15) is 0 Å². The van der Waals surface area contributed by atoms with Crippen molar-refractivity contribution in [3.8, 4) is 0 Å². The van der Waals surface area contributed by atoms with E-state index in [1.165, 1.54) is 6.08 Å². The monoisotopic (exact) mass is 304 g/mol. The lowest BCUT2D eigenvalue weighted by molar-refractivity contribution is -0.484. The topological polar surface area (TPSA) is 72.7 Å². The zero-order chi connectivity index (χ0) is 15.9. The van der Waals surface area contributed by atoms with E-state index in [0.717, 1.165) is 5.56 Å². The van der Waals surface area contributed by atoms with E-state index in [4.69, 9.17) is 4.74 Å². The molecular weight excluding hydrogens is 284 g/mol. The van der Waals surface area contributed by atoms with Crippen molar-refractivity contribution in [3.05, 3.63) is 58.7 Å². The number of ether oxygens (including phenoxy) is 1. The molecule has 2 rings (SSSR count). The minimum Gasteiger partial charge on any atom is -0.378 e. The predicted octanol–water partition coefficient (Wildman–Crippen LogP) is 1.71. The van der Waals surface area contributed by atoms with E-state index >= 15 is 0 Å². The Morgan fingerprint density at radius 3 is 2.55 bits per heavy atom. The van der Waals surface area contributed by atoms with Crippen molar-refractivity contribution in [1.82, 2.24) is 4.90 Å². The minimum atomic E-state index is -0.606. The number of carbonyl (C=O) groups excluding carboxylic acids is 1. The molecule has 0 saturated carbocycles. The Labute approximate surface area is 129 Å². The Bertz CT molecular complexity index is 526. The Kier molecular flexibility index (Phi) is 5.66. The van der Waals surface area contributed by atoms with Gasteiger partial charge in [-0.1, -0.05) is 36.4 Å². The lowest BCUT2D eigenvalue weighted by Crippen LogP contribution is -2.45. The predicted molar refractivity (Wildman–Crippen MR) is 82.1 cm³/mol. The molecule has 1 aliphatic heterocycles. The number of hydrogen-bond donors (Lipinski definition) is 0. The van der Waals surface area contributed by atoms with Crippen molar-refractivity contribution in [2.24, 2.45) is 5.92 Å². The molecule has 1 aliphatic rings. The molecular formula is C16H20N2O4. The van der Waals surface area contributed by atoms with Crippen molar-refractivity contribution in [2.45, 2.75) is 5.92 Å². The van der Waals surface area contributed by atoms with Crippen LogP contribution >= 0.6 is 0 Å². The van der Waals surface area contributed by atoms with E-state index in [1.54, 1.807) is 4.90 Å². The molecule has 2 atom stereocenters. The summed E-state index contributed by atoms with van der Waals surface area (Å²) < 4.78 is 5.24. The smallest absolute Gasteiger partial charge is 0.230 e. The molecule has 1 aromatic carbocycles. The van der Waals surface area contributed by atoms with Crippen LogP contribution in [0.5, 0.6) is 0 Å². The maximum absolute atomic E-state index is 12.7. The quantitative estimate of drug-likeness (QED) is 0.455. The van der Waals surface area contributed by atoms with E-state index < -0.39 is 11.8 Å². The van der Waals surface area contributed by atoms with Crippen LogP contribution < -0.4 is 0 Å². The first-order valence-electron chi connectivity index (χ1n) is 7.29. The first kappa shape index (κ1) is 16.2. The van der Waals surface area contributed by atoms with Crippen molar-refractivity contribution >= 4 is 5.91 Å². The fourth-order valence-electron chi connectivity index (χ4n) is 2.72. The average Bonchev–Trinajstić information content (AvgIpc) is 2.55. The van der Waals surface area contributed by atoms with Crippen LogP contribution in [0.2, 0.25) is 0 Å². The summed E-state index contributed by atoms with van der Waals surface area (Å²) in [6.07, 6.45) is 1.53. The number of nitrogens with zero attached hydrogens (tertiary/aromatic N) is 2. The molecule has 1 aromatic rings. The van der Waals surface area contributed by atoms with Crippen LogP contribution in [0.25, 0.3) is 0 Å². The number of carbonyl (C=O) groups is 1. The summed E-state index contributed by atoms with van der Waals surface area (Å²) in [7, 11) is 0. The maximum atomic E-state index is 12.7. The largest absolute Gasteiger partial charge is 0.378 e. The average molecular weight is 304 g/mol. The standard InChI is InChI=1S/C16H20N2O4/c1-2-14(16(19)17-8-10-22-11-9-17)15(12-18(20)21)13-6-4-3-5-7-13/h2-7,14-15H,1,8-12H2. The van der Waals surface area contributed by atoms with Gasteiger partial charge in [-0.3, -0.25) is 14.9 Å². The summed E-state index contributed by atoms with van der Waals surface area (Å²) in [4.78, 5) is 25.1. The third-order valence-electron chi connectivity index (χ3n) is 3.87. The second-order valence-electron chi connectivity index (χ2n) is 5.23. The van der Waals surface area contributed by atoms with Crippen LogP contribution in [-0.2, 0) is 9.53 Å². The highest BCUT2D eigenvalue weighted by molar-refractivity contribution is 5.81. The number of benzene rings is 1. The summed E-state index contributed by atoms with van der Waals surface area (Å²) in [6.45, 7) is 5.47. The fourth-order valence-corrected chi connectivity index (χ4v) is 2.72. The Morgan fingerprint density at radius 2 is 2.00 bits per heavy atom. The molecule has 0 bridgehead atoms. The Morgan fingerprint density at radius 1 is 1.36 bits per heavy atom. The van der Waals surface area contributed by atoms with Crippen molar-refractivity contribution in [1.29, 1.82) is 0 Å². The number of morpholine rings is 1. The van der Waals surface area contributed by atoms with Gasteiger partial charge in [0.15, 0.2) is 0 Å². The highest BCUT2D eigenvalue weighted by Gasteiger charge is 2.34. The van der Waals surface area contributed by atoms with Gasteiger partial charge < -0.3 is 9.64 Å². The lowest BCUT2D eigenvalue weighted by atomic mass is 9.85. The third-order valence-corrected chi connectivity index (χ3v) is 3.87.